The van der Waals surface area contributed by atoms with Gasteiger partial charge in [-0.2, -0.15) is 0 Å². The van der Waals surface area contributed by atoms with Crippen molar-refractivity contribution in [1.82, 2.24) is 0 Å². The highest BCUT2D eigenvalue weighted by atomic mass is 16.5. The first-order valence-corrected chi connectivity index (χ1v) is 5.67. The van der Waals surface area contributed by atoms with Crippen LogP contribution in [0.15, 0.2) is 18.2 Å². The molecule has 0 saturated carbocycles. The number of benzene rings is 1. The van der Waals surface area contributed by atoms with Crippen LogP contribution in [0.4, 0.5) is 0 Å². The van der Waals surface area contributed by atoms with E-state index < -0.39 is 0 Å². The summed E-state index contributed by atoms with van der Waals surface area (Å²) in [6.45, 7) is 10.7. The monoisotopic (exact) mass is 204 g/mol. The molecule has 0 radical (unpaired) electrons. The van der Waals surface area contributed by atoms with Crippen LogP contribution < -0.4 is 0 Å². The quantitative estimate of drug-likeness (QED) is 0.714. The van der Waals surface area contributed by atoms with E-state index in [1.165, 1.54) is 16.7 Å². The largest absolute Gasteiger partial charge is 0.372 e. The Morgan fingerprint density at radius 2 is 1.93 bits per heavy atom. The molecule has 82 valence electrons. The van der Waals surface area contributed by atoms with Crippen LogP contribution in [0.25, 0.3) is 0 Å². The van der Waals surface area contributed by atoms with Gasteiger partial charge in [-0.25, -0.2) is 0 Å². The second-order valence-corrected chi connectivity index (χ2v) is 5.49. The van der Waals surface area contributed by atoms with Crippen molar-refractivity contribution in [3.05, 3.63) is 34.9 Å². The smallest absolute Gasteiger partial charge is 0.0663 e. The van der Waals surface area contributed by atoms with Crippen LogP contribution in [0.1, 0.15) is 50.3 Å². The third-order valence-electron chi connectivity index (χ3n) is 2.93. The molecule has 0 bridgehead atoms. The molecule has 0 N–H and O–H groups in total. The normalized spacial score (nSPS) is 21.0. The third kappa shape index (κ3) is 2.07. The fourth-order valence-corrected chi connectivity index (χ4v) is 2.42. The summed E-state index contributed by atoms with van der Waals surface area (Å²) in [4.78, 5) is 0. The first-order chi connectivity index (χ1) is 6.90. The van der Waals surface area contributed by atoms with Crippen LogP contribution in [-0.4, -0.2) is 11.7 Å². The van der Waals surface area contributed by atoms with E-state index in [0.717, 1.165) is 0 Å². The van der Waals surface area contributed by atoms with Gasteiger partial charge in [-0.3, -0.25) is 0 Å². The standard InChI is InChI=1S/C14H20O/c1-9-7-6-8-11-12(9)13(11)10(2)15-14(3,4)5/h6-8,10,13H,1-5H3/t10-,13?/m0/s1. The molecule has 1 heteroatoms. The SMILES string of the molecule is Cc1cccc2c1C2[C@H](C)OC(C)(C)C. The second kappa shape index (κ2) is 3.34. The van der Waals surface area contributed by atoms with Gasteiger partial charge >= 0.3 is 0 Å². The molecule has 1 aromatic carbocycles. The average Bonchev–Trinajstić information content (AvgIpc) is 2.76. The summed E-state index contributed by atoms with van der Waals surface area (Å²) in [5.74, 6) is 0.541. The maximum atomic E-state index is 6.00. The van der Waals surface area contributed by atoms with Crippen LogP contribution in [0.2, 0.25) is 0 Å². The van der Waals surface area contributed by atoms with Crippen molar-refractivity contribution in [2.75, 3.05) is 0 Å². The van der Waals surface area contributed by atoms with E-state index in [9.17, 15) is 0 Å². The van der Waals surface area contributed by atoms with Crippen molar-refractivity contribution in [3.8, 4) is 0 Å². The minimum atomic E-state index is -0.0480. The van der Waals surface area contributed by atoms with Crippen molar-refractivity contribution in [3.63, 3.8) is 0 Å². The van der Waals surface area contributed by atoms with Crippen LogP contribution in [-0.2, 0) is 4.74 Å². The van der Waals surface area contributed by atoms with Gasteiger partial charge < -0.3 is 4.74 Å². The Hall–Kier alpha value is -0.820. The highest BCUT2D eigenvalue weighted by molar-refractivity contribution is 5.57. The van der Waals surface area contributed by atoms with Gasteiger partial charge in [0.25, 0.3) is 0 Å². The topological polar surface area (TPSA) is 9.23 Å². The van der Waals surface area contributed by atoms with E-state index >= 15 is 0 Å². The van der Waals surface area contributed by atoms with Crippen LogP contribution in [0, 0.1) is 6.92 Å². The molecule has 0 aromatic heterocycles. The van der Waals surface area contributed by atoms with Crippen molar-refractivity contribution in [2.24, 2.45) is 0 Å². The maximum Gasteiger partial charge on any atom is 0.0663 e. The van der Waals surface area contributed by atoms with Gasteiger partial charge in [0.1, 0.15) is 0 Å². The zero-order chi connectivity index (χ0) is 11.2. The van der Waals surface area contributed by atoms with Crippen LogP contribution >= 0.6 is 0 Å². The Labute approximate surface area is 92.5 Å². The maximum absolute atomic E-state index is 6.00. The van der Waals surface area contributed by atoms with Crippen molar-refractivity contribution in [2.45, 2.75) is 52.2 Å². The molecule has 0 fully saturated rings. The highest BCUT2D eigenvalue weighted by Crippen LogP contribution is 2.49. The third-order valence-corrected chi connectivity index (χ3v) is 2.93. The zero-order valence-corrected chi connectivity index (χ0v) is 10.3. The zero-order valence-electron chi connectivity index (χ0n) is 10.3. The van der Waals surface area contributed by atoms with E-state index in [2.05, 4.69) is 52.8 Å². The van der Waals surface area contributed by atoms with Gasteiger partial charge in [0.2, 0.25) is 0 Å². The second-order valence-electron chi connectivity index (χ2n) is 5.49. The number of hydrogen-bond acceptors (Lipinski definition) is 1. The van der Waals surface area contributed by atoms with E-state index in [1.54, 1.807) is 0 Å². The number of ether oxygens (including phenoxy) is 1. The fraction of sp³-hybridized carbons (Fsp3) is 0.571. The molecule has 1 aromatic rings. The highest BCUT2D eigenvalue weighted by Gasteiger charge is 2.39. The first-order valence-electron chi connectivity index (χ1n) is 5.67. The molecular weight excluding hydrogens is 184 g/mol. The number of hydrogen-bond donors (Lipinski definition) is 0. The molecule has 0 heterocycles. The fourth-order valence-electron chi connectivity index (χ4n) is 2.42. The minimum absolute atomic E-state index is 0.0480. The van der Waals surface area contributed by atoms with Gasteiger partial charge in [-0.1, -0.05) is 18.2 Å². The summed E-state index contributed by atoms with van der Waals surface area (Å²) in [5, 5.41) is 0. The van der Waals surface area contributed by atoms with E-state index in [1.807, 2.05) is 0 Å². The van der Waals surface area contributed by atoms with Crippen LogP contribution in [0.5, 0.6) is 0 Å². The summed E-state index contributed by atoms with van der Waals surface area (Å²) < 4.78 is 6.00. The predicted octanol–water partition coefficient (Wildman–Crippen LogP) is 3.64. The lowest BCUT2D eigenvalue weighted by Crippen LogP contribution is -2.26. The Bertz CT molecular complexity index is 373. The Kier molecular flexibility index (Phi) is 2.38. The lowest BCUT2D eigenvalue weighted by molar-refractivity contribution is -0.0524. The van der Waals surface area contributed by atoms with Crippen LogP contribution in [0.3, 0.4) is 0 Å². The average molecular weight is 204 g/mol. The number of aryl methyl sites for hydroxylation is 1. The number of fused-ring (bicyclic) bond motifs is 1. The number of rotatable bonds is 2. The first kappa shape index (κ1) is 10.7. The van der Waals surface area contributed by atoms with Gasteiger partial charge in [0.05, 0.1) is 11.7 Å². The van der Waals surface area contributed by atoms with Gasteiger partial charge in [0, 0.05) is 5.92 Å². The molecule has 15 heavy (non-hydrogen) atoms. The summed E-state index contributed by atoms with van der Waals surface area (Å²) in [7, 11) is 0. The molecule has 2 rings (SSSR count). The minimum Gasteiger partial charge on any atom is -0.372 e. The summed E-state index contributed by atoms with van der Waals surface area (Å²) in [6, 6.07) is 6.54. The summed E-state index contributed by atoms with van der Waals surface area (Å²) in [5.41, 5.74) is 4.34. The molecule has 1 nitrogen and oxygen atoms in total. The predicted molar refractivity (Wildman–Crippen MR) is 63.3 cm³/mol. The van der Waals surface area contributed by atoms with E-state index in [-0.39, 0.29) is 5.60 Å². The Morgan fingerprint density at radius 3 is 2.47 bits per heavy atom. The Balaban J connectivity index is 2.09. The molecule has 0 saturated heterocycles. The van der Waals surface area contributed by atoms with Crippen molar-refractivity contribution < 1.29 is 4.74 Å². The van der Waals surface area contributed by atoms with Gasteiger partial charge in [-0.15, -0.1) is 0 Å². The van der Waals surface area contributed by atoms with E-state index in [0.29, 0.717) is 12.0 Å². The molecular formula is C14H20O. The summed E-state index contributed by atoms with van der Waals surface area (Å²) in [6.07, 6.45) is 0.293. The van der Waals surface area contributed by atoms with Gasteiger partial charge in [-0.05, 0) is 51.3 Å². The van der Waals surface area contributed by atoms with Crippen molar-refractivity contribution in [1.29, 1.82) is 0 Å². The van der Waals surface area contributed by atoms with Gasteiger partial charge in [0.15, 0.2) is 0 Å². The molecule has 1 aliphatic rings. The lowest BCUT2D eigenvalue weighted by atomic mass is 10.1. The molecule has 1 aliphatic carbocycles. The van der Waals surface area contributed by atoms with Crippen molar-refractivity contribution >= 4 is 0 Å². The molecule has 0 amide bonds. The summed E-state index contributed by atoms with van der Waals surface area (Å²) >= 11 is 0. The molecule has 2 atom stereocenters. The molecule has 0 aliphatic heterocycles. The van der Waals surface area contributed by atoms with E-state index in [4.69, 9.17) is 4.74 Å². The lowest BCUT2D eigenvalue weighted by Gasteiger charge is -2.25. The molecule has 0 spiro atoms. The molecule has 1 unspecified atom stereocenters. The Morgan fingerprint density at radius 1 is 1.27 bits per heavy atom.